The van der Waals surface area contributed by atoms with E-state index in [1.807, 2.05) is 0 Å². The van der Waals surface area contributed by atoms with Crippen molar-refractivity contribution in [2.24, 2.45) is 5.10 Å². The number of amides is 1. The van der Waals surface area contributed by atoms with Crippen molar-refractivity contribution in [1.82, 2.24) is 9.99 Å². The monoisotopic (exact) mass is 263 g/mol. The number of rotatable bonds is 2. The van der Waals surface area contributed by atoms with E-state index in [9.17, 15) is 14.7 Å². The van der Waals surface area contributed by atoms with Crippen LogP contribution in [0.5, 0.6) is 0 Å². The van der Waals surface area contributed by atoms with E-state index in [0.717, 1.165) is 5.01 Å². The predicted octanol–water partition coefficient (Wildman–Crippen LogP) is 0.165. The molecule has 0 saturated heterocycles. The molecule has 0 fully saturated rings. The number of ether oxygens (including phenoxy) is 1. The standard InChI is InChI=1S/C12H13N3O4/c1-12(18)6-9(11(17)19-2)14-15(12)10(16)8-4-3-5-13-7-8/h3-5,7,18H,6H2,1-2H3. The van der Waals surface area contributed by atoms with Gasteiger partial charge < -0.3 is 9.84 Å². The fourth-order valence-electron chi connectivity index (χ4n) is 1.76. The molecule has 0 bridgehead atoms. The molecule has 1 aromatic heterocycles. The summed E-state index contributed by atoms with van der Waals surface area (Å²) in [6.45, 7) is 1.40. The number of aromatic nitrogens is 1. The normalized spacial score (nSPS) is 22.1. The summed E-state index contributed by atoms with van der Waals surface area (Å²) in [4.78, 5) is 27.4. The smallest absolute Gasteiger partial charge is 0.354 e. The molecule has 1 unspecified atom stereocenters. The van der Waals surface area contributed by atoms with Gasteiger partial charge in [-0.05, 0) is 19.1 Å². The van der Waals surface area contributed by atoms with Crippen molar-refractivity contribution >= 4 is 17.6 Å². The molecule has 1 aliphatic heterocycles. The first-order chi connectivity index (χ1) is 8.95. The summed E-state index contributed by atoms with van der Waals surface area (Å²) in [5, 5.41) is 14.9. The Hall–Kier alpha value is -2.28. The van der Waals surface area contributed by atoms with Gasteiger partial charge in [0.1, 0.15) is 0 Å². The Balaban J connectivity index is 2.30. The fourth-order valence-corrected chi connectivity index (χ4v) is 1.76. The summed E-state index contributed by atoms with van der Waals surface area (Å²) < 4.78 is 4.53. The van der Waals surface area contributed by atoms with E-state index in [2.05, 4.69) is 14.8 Å². The minimum Gasteiger partial charge on any atom is -0.464 e. The predicted molar refractivity (Wildman–Crippen MR) is 65.1 cm³/mol. The third-order valence-corrected chi connectivity index (χ3v) is 2.70. The Morgan fingerprint density at radius 2 is 2.26 bits per heavy atom. The number of aliphatic hydroxyl groups is 1. The van der Waals surface area contributed by atoms with E-state index in [1.165, 1.54) is 26.4 Å². The molecule has 1 aromatic rings. The van der Waals surface area contributed by atoms with E-state index in [0.29, 0.717) is 0 Å². The van der Waals surface area contributed by atoms with Crippen LogP contribution in [0.3, 0.4) is 0 Å². The zero-order valence-electron chi connectivity index (χ0n) is 10.5. The van der Waals surface area contributed by atoms with Crippen LogP contribution in [-0.2, 0) is 9.53 Å². The summed E-state index contributed by atoms with van der Waals surface area (Å²) in [6.07, 6.45) is 2.82. The number of pyridine rings is 1. The summed E-state index contributed by atoms with van der Waals surface area (Å²) >= 11 is 0. The van der Waals surface area contributed by atoms with Crippen LogP contribution in [-0.4, -0.2) is 45.5 Å². The lowest BCUT2D eigenvalue weighted by Gasteiger charge is -2.26. The average Bonchev–Trinajstić information content (AvgIpc) is 2.73. The second kappa shape index (κ2) is 4.77. The third kappa shape index (κ3) is 2.45. The number of hydrazone groups is 1. The molecule has 1 N–H and O–H groups in total. The molecule has 7 nitrogen and oxygen atoms in total. The molecule has 0 aromatic carbocycles. The molecule has 2 rings (SSSR count). The molecular formula is C12H13N3O4. The maximum atomic E-state index is 12.2. The number of nitrogens with zero attached hydrogens (tertiary/aromatic N) is 3. The molecule has 0 radical (unpaired) electrons. The minimum absolute atomic E-state index is 0.00439. The first-order valence-corrected chi connectivity index (χ1v) is 5.58. The van der Waals surface area contributed by atoms with E-state index in [4.69, 9.17) is 0 Å². The highest BCUT2D eigenvalue weighted by Crippen LogP contribution is 2.26. The Bertz CT molecular complexity index is 539. The second-order valence-electron chi connectivity index (χ2n) is 4.29. The van der Waals surface area contributed by atoms with Gasteiger partial charge in [-0.25, -0.2) is 4.79 Å². The zero-order valence-corrected chi connectivity index (χ0v) is 10.5. The van der Waals surface area contributed by atoms with Crippen LogP contribution in [0.15, 0.2) is 29.6 Å². The van der Waals surface area contributed by atoms with Gasteiger partial charge >= 0.3 is 5.97 Å². The van der Waals surface area contributed by atoms with Crippen molar-refractivity contribution in [3.8, 4) is 0 Å². The first-order valence-electron chi connectivity index (χ1n) is 5.58. The lowest BCUT2D eigenvalue weighted by molar-refractivity contribution is -0.133. The Labute approximate surface area is 109 Å². The molecule has 0 aliphatic carbocycles. The quantitative estimate of drug-likeness (QED) is 0.767. The topological polar surface area (TPSA) is 92.1 Å². The SMILES string of the molecule is COC(=O)C1=NN(C(=O)c2cccnc2)C(C)(O)C1. The largest absolute Gasteiger partial charge is 0.464 e. The summed E-state index contributed by atoms with van der Waals surface area (Å²) in [5.74, 6) is -1.20. The molecular weight excluding hydrogens is 250 g/mol. The lowest BCUT2D eigenvalue weighted by Crippen LogP contribution is -2.43. The summed E-state index contributed by atoms with van der Waals surface area (Å²) in [6, 6.07) is 3.15. The highest BCUT2D eigenvalue weighted by atomic mass is 16.5. The van der Waals surface area contributed by atoms with Crippen molar-refractivity contribution in [2.45, 2.75) is 19.1 Å². The van der Waals surface area contributed by atoms with E-state index in [1.54, 1.807) is 12.1 Å². The maximum absolute atomic E-state index is 12.2. The Kier molecular flexibility index (Phi) is 3.30. The van der Waals surface area contributed by atoms with E-state index >= 15 is 0 Å². The Morgan fingerprint density at radius 3 is 2.84 bits per heavy atom. The van der Waals surface area contributed by atoms with Gasteiger partial charge in [0.05, 0.1) is 12.7 Å². The first kappa shape index (κ1) is 13.2. The van der Waals surface area contributed by atoms with Crippen LogP contribution >= 0.6 is 0 Å². The average molecular weight is 263 g/mol. The van der Waals surface area contributed by atoms with Crippen molar-refractivity contribution in [3.63, 3.8) is 0 Å². The molecule has 1 atom stereocenters. The lowest BCUT2D eigenvalue weighted by atomic mass is 10.1. The van der Waals surface area contributed by atoms with Gasteiger partial charge in [-0.3, -0.25) is 9.78 Å². The van der Waals surface area contributed by atoms with Crippen molar-refractivity contribution < 1.29 is 19.4 Å². The molecule has 0 saturated carbocycles. The van der Waals surface area contributed by atoms with Crippen LogP contribution in [0, 0.1) is 0 Å². The third-order valence-electron chi connectivity index (χ3n) is 2.70. The van der Waals surface area contributed by atoms with Crippen LogP contribution in [0.2, 0.25) is 0 Å². The number of hydrogen-bond donors (Lipinski definition) is 1. The maximum Gasteiger partial charge on any atom is 0.354 e. The minimum atomic E-state index is -1.56. The fraction of sp³-hybridized carbons (Fsp3) is 0.333. The van der Waals surface area contributed by atoms with Gasteiger partial charge in [0.25, 0.3) is 5.91 Å². The molecule has 7 heteroatoms. The molecule has 1 amide bonds. The summed E-state index contributed by atoms with van der Waals surface area (Å²) in [7, 11) is 1.21. The molecule has 1 aliphatic rings. The van der Waals surface area contributed by atoms with E-state index in [-0.39, 0.29) is 17.7 Å². The van der Waals surface area contributed by atoms with Crippen LogP contribution in [0.4, 0.5) is 0 Å². The van der Waals surface area contributed by atoms with Crippen LogP contribution in [0.25, 0.3) is 0 Å². The molecule has 0 spiro atoms. The number of methoxy groups -OCH3 is 1. The van der Waals surface area contributed by atoms with Crippen molar-refractivity contribution in [3.05, 3.63) is 30.1 Å². The Morgan fingerprint density at radius 1 is 1.53 bits per heavy atom. The molecule has 19 heavy (non-hydrogen) atoms. The zero-order chi connectivity index (χ0) is 14.0. The van der Waals surface area contributed by atoms with Crippen molar-refractivity contribution in [1.29, 1.82) is 0 Å². The number of carbonyl (C=O) groups is 2. The van der Waals surface area contributed by atoms with Gasteiger partial charge in [-0.2, -0.15) is 10.1 Å². The summed E-state index contributed by atoms with van der Waals surface area (Å²) in [5.41, 5.74) is -1.28. The van der Waals surface area contributed by atoms with Gasteiger partial charge in [-0.1, -0.05) is 0 Å². The molecule has 100 valence electrons. The van der Waals surface area contributed by atoms with Crippen LogP contribution in [0.1, 0.15) is 23.7 Å². The number of hydrogen-bond acceptors (Lipinski definition) is 6. The van der Waals surface area contributed by atoms with Crippen LogP contribution < -0.4 is 0 Å². The van der Waals surface area contributed by atoms with Crippen molar-refractivity contribution in [2.75, 3.05) is 7.11 Å². The number of esters is 1. The van der Waals surface area contributed by atoms with Gasteiger partial charge in [0.15, 0.2) is 11.4 Å². The van der Waals surface area contributed by atoms with Gasteiger partial charge in [0, 0.05) is 18.8 Å². The van der Waals surface area contributed by atoms with E-state index < -0.39 is 17.6 Å². The number of carbonyl (C=O) groups excluding carboxylic acids is 2. The highest BCUT2D eigenvalue weighted by Gasteiger charge is 2.43. The molecule has 2 heterocycles. The highest BCUT2D eigenvalue weighted by molar-refractivity contribution is 6.37. The second-order valence-corrected chi connectivity index (χ2v) is 4.29. The van der Waals surface area contributed by atoms with Gasteiger partial charge in [0.2, 0.25) is 0 Å². The van der Waals surface area contributed by atoms with Gasteiger partial charge in [-0.15, -0.1) is 0 Å².